The number of hydrogen-bond donors (Lipinski definition) is 1. The van der Waals surface area contributed by atoms with Crippen LogP contribution in [0.15, 0.2) is 40.4 Å². The SMILES string of the molecule is Oc1cccn2c(Cc3cccs3)nc(Br)c12. The van der Waals surface area contributed by atoms with E-state index in [1.807, 2.05) is 22.7 Å². The van der Waals surface area contributed by atoms with Crippen LogP contribution in [-0.4, -0.2) is 14.5 Å². The van der Waals surface area contributed by atoms with Crippen molar-refractivity contribution in [3.63, 3.8) is 0 Å². The summed E-state index contributed by atoms with van der Waals surface area (Å²) < 4.78 is 2.60. The lowest BCUT2D eigenvalue weighted by molar-refractivity contribution is 0.478. The Hall–Kier alpha value is -1.33. The van der Waals surface area contributed by atoms with Gasteiger partial charge in [-0.25, -0.2) is 4.98 Å². The second kappa shape index (κ2) is 4.16. The minimum Gasteiger partial charge on any atom is -0.506 e. The molecule has 0 aliphatic carbocycles. The van der Waals surface area contributed by atoms with E-state index < -0.39 is 0 Å². The average Bonchev–Trinajstić information content (AvgIpc) is 2.90. The number of hydrogen-bond acceptors (Lipinski definition) is 3. The molecule has 1 N–H and O–H groups in total. The van der Waals surface area contributed by atoms with Gasteiger partial charge < -0.3 is 5.11 Å². The van der Waals surface area contributed by atoms with Gasteiger partial charge in [0, 0.05) is 17.5 Å². The molecule has 0 fully saturated rings. The summed E-state index contributed by atoms with van der Waals surface area (Å²) in [5.74, 6) is 1.16. The molecule has 0 saturated carbocycles. The normalized spacial score (nSPS) is 11.1. The van der Waals surface area contributed by atoms with Crippen molar-refractivity contribution in [3.8, 4) is 5.75 Å². The lowest BCUT2D eigenvalue weighted by Crippen LogP contribution is -1.94. The van der Waals surface area contributed by atoms with E-state index in [0.29, 0.717) is 4.60 Å². The second-order valence-electron chi connectivity index (χ2n) is 3.69. The van der Waals surface area contributed by atoms with E-state index in [4.69, 9.17) is 0 Å². The molecule has 0 unspecified atom stereocenters. The maximum Gasteiger partial charge on any atom is 0.142 e. The van der Waals surface area contributed by atoms with Crippen LogP contribution in [0.5, 0.6) is 5.75 Å². The monoisotopic (exact) mass is 308 g/mol. The number of nitrogens with zero attached hydrogens (tertiary/aromatic N) is 2. The second-order valence-corrected chi connectivity index (χ2v) is 5.47. The molecule has 3 heterocycles. The third-order valence-electron chi connectivity index (χ3n) is 2.59. The van der Waals surface area contributed by atoms with Crippen LogP contribution in [0.1, 0.15) is 10.7 Å². The van der Waals surface area contributed by atoms with E-state index in [1.165, 1.54) is 4.88 Å². The number of pyridine rings is 1. The van der Waals surface area contributed by atoms with Crippen molar-refractivity contribution in [3.05, 3.63) is 51.1 Å². The lowest BCUT2D eigenvalue weighted by atomic mass is 10.3. The molecule has 86 valence electrons. The molecule has 0 radical (unpaired) electrons. The minimum absolute atomic E-state index is 0.240. The standard InChI is InChI=1S/C12H9BrN2OS/c13-12-11-9(16)4-1-5-15(11)10(14-12)7-8-3-2-6-17-8/h1-6,16H,7H2. The quantitative estimate of drug-likeness (QED) is 0.787. The van der Waals surface area contributed by atoms with Crippen molar-refractivity contribution < 1.29 is 5.11 Å². The highest BCUT2D eigenvalue weighted by Gasteiger charge is 2.12. The highest BCUT2D eigenvalue weighted by atomic mass is 79.9. The first-order valence-electron chi connectivity index (χ1n) is 5.12. The number of imidazole rings is 1. The van der Waals surface area contributed by atoms with Gasteiger partial charge in [-0.05, 0) is 39.5 Å². The Morgan fingerprint density at radius 3 is 3.00 bits per heavy atom. The van der Waals surface area contributed by atoms with Gasteiger partial charge in [0.25, 0.3) is 0 Å². The predicted octanol–water partition coefficient (Wildman–Crippen LogP) is 3.45. The fourth-order valence-electron chi connectivity index (χ4n) is 1.83. The van der Waals surface area contributed by atoms with E-state index in [0.717, 1.165) is 17.8 Å². The summed E-state index contributed by atoms with van der Waals surface area (Å²) in [5, 5.41) is 11.9. The molecule has 0 aromatic carbocycles. The van der Waals surface area contributed by atoms with Crippen LogP contribution >= 0.6 is 27.3 Å². The molecule has 3 rings (SSSR count). The molecule has 3 nitrogen and oxygen atoms in total. The first-order valence-corrected chi connectivity index (χ1v) is 6.80. The molecule has 3 aromatic rings. The van der Waals surface area contributed by atoms with Crippen molar-refractivity contribution in [1.29, 1.82) is 0 Å². The fourth-order valence-corrected chi connectivity index (χ4v) is 3.13. The number of fused-ring (bicyclic) bond motifs is 1. The smallest absolute Gasteiger partial charge is 0.142 e. The lowest BCUT2D eigenvalue weighted by Gasteiger charge is -2.00. The van der Waals surface area contributed by atoms with Crippen LogP contribution in [0.25, 0.3) is 5.52 Å². The third kappa shape index (κ3) is 1.85. The molecule has 0 amide bonds. The molecular weight excluding hydrogens is 300 g/mol. The molecule has 0 spiro atoms. The highest BCUT2D eigenvalue weighted by molar-refractivity contribution is 9.10. The molecule has 0 saturated heterocycles. The summed E-state index contributed by atoms with van der Waals surface area (Å²) in [6.45, 7) is 0. The van der Waals surface area contributed by atoms with Gasteiger partial charge in [-0.1, -0.05) is 6.07 Å². The highest BCUT2D eigenvalue weighted by Crippen LogP contribution is 2.28. The van der Waals surface area contributed by atoms with Gasteiger partial charge in [-0.15, -0.1) is 11.3 Å². The van der Waals surface area contributed by atoms with Crippen molar-refractivity contribution in [2.75, 3.05) is 0 Å². The zero-order chi connectivity index (χ0) is 11.8. The van der Waals surface area contributed by atoms with Gasteiger partial charge in [-0.2, -0.15) is 0 Å². The van der Waals surface area contributed by atoms with Crippen molar-refractivity contribution in [2.45, 2.75) is 6.42 Å². The molecule has 0 aliphatic heterocycles. The van der Waals surface area contributed by atoms with E-state index in [-0.39, 0.29) is 5.75 Å². The Labute approximate surface area is 110 Å². The van der Waals surface area contributed by atoms with Crippen LogP contribution in [0.3, 0.4) is 0 Å². The van der Waals surface area contributed by atoms with E-state index in [9.17, 15) is 5.11 Å². The molecule has 0 atom stereocenters. The number of halogens is 1. The zero-order valence-electron chi connectivity index (χ0n) is 8.80. The number of aromatic nitrogens is 2. The van der Waals surface area contributed by atoms with Crippen molar-refractivity contribution >= 4 is 32.8 Å². The minimum atomic E-state index is 0.240. The summed E-state index contributed by atoms with van der Waals surface area (Å²) in [6, 6.07) is 7.59. The first kappa shape index (κ1) is 10.8. The fraction of sp³-hybridized carbons (Fsp3) is 0.0833. The predicted molar refractivity (Wildman–Crippen MR) is 71.7 cm³/mol. The molecule has 0 aliphatic rings. The largest absolute Gasteiger partial charge is 0.506 e. The topological polar surface area (TPSA) is 37.5 Å². The Kier molecular flexibility index (Phi) is 2.64. The van der Waals surface area contributed by atoms with E-state index in [2.05, 4.69) is 32.4 Å². The number of aromatic hydroxyl groups is 1. The van der Waals surface area contributed by atoms with Gasteiger partial charge in [0.2, 0.25) is 0 Å². The number of rotatable bonds is 2. The molecule has 3 aromatic heterocycles. The molecule has 0 bridgehead atoms. The molecule has 5 heteroatoms. The van der Waals surface area contributed by atoms with Crippen LogP contribution < -0.4 is 0 Å². The van der Waals surface area contributed by atoms with Crippen LogP contribution in [-0.2, 0) is 6.42 Å². The van der Waals surface area contributed by atoms with Gasteiger partial charge in [0.15, 0.2) is 0 Å². The van der Waals surface area contributed by atoms with Crippen LogP contribution in [0, 0.1) is 0 Å². The average molecular weight is 309 g/mol. The van der Waals surface area contributed by atoms with Gasteiger partial charge in [0.1, 0.15) is 21.7 Å². The van der Waals surface area contributed by atoms with Gasteiger partial charge >= 0.3 is 0 Å². The third-order valence-corrected chi connectivity index (χ3v) is 4.02. The Balaban J connectivity index is 2.15. The number of thiophene rings is 1. The Morgan fingerprint density at radius 1 is 1.35 bits per heavy atom. The van der Waals surface area contributed by atoms with Crippen LogP contribution in [0.4, 0.5) is 0 Å². The van der Waals surface area contributed by atoms with Crippen LogP contribution in [0.2, 0.25) is 0 Å². The molecular formula is C12H9BrN2OS. The first-order chi connectivity index (χ1) is 8.25. The Morgan fingerprint density at radius 2 is 2.24 bits per heavy atom. The summed E-state index contributed by atoms with van der Waals surface area (Å²) in [5.41, 5.74) is 0.721. The van der Waals surface area contributed by atoms with Gasteiger partial charge in [0.05, 0.1) is 0 Å². The summed E-state index contributed by atoms with van der Waals surface area (Å²) in [6.07, 6.45) is 2.68. The van der Waals surface area contributed by atoms with Crippen molar-refractivity contribution in [1.82, 2.24) is 9.38 Å². The van der Waals surface area contributed by atoms with E-state index >= 15 is 0 Å². The van der Waals surface area contributed by atoms with Crippen molar-refractivity contribution in [2.24, 2.45) is 0 Å². The maximum atomic E-state index is 9.80. The maximum absolute atomic E-state index is 9.80. The van der Waals surface area contributed by atoms with E-state index in [1.54, 1.807) is 17.4 Å². The Bertz CT molecular complexity index is 661. The molecule has 17 heavy (non-hydrogen) atoms. The zero-order valence-corrected chi connectivity index (χ0v) is 11.2. The van der Waals surface area contributed by atoms with Gasteiger partial charge in [-0.3, -0.25) is 4.40 Å². The summed E-state index contributed by atoms with van der Waals surface area (Å²) in [4.78, 5) is 5.71. The summed E-state index contributed by atoms with van der Waals surface area (Å²) in [7, 11) is 0. The summed E-state index contributed by atoms with van der Waals surface area (Å²) >= 11 is 5.09.